The molecule has 0 saturated heterocycles. The van der Waals surface area contributed by atoms with Crippen molar-refractivity contribution in [3.05, 3.63) is 0 Å². The van der Waals surface area contributed by atoms with Gasteiger partial charge in [0.15, 0.2) is 0 Å². The highest BCUT2D eigenvalue weighted by atomic mass is 32.1. The Bertz CT molecular complexity index is 257. The van der Waals surface area contributed by atoms with E-state index in [2.05, 4.69) is 11.7 Å². The molecule has 0 aromatic heterocycles. The Morgan fingerprint density at radius 1 is 1.06 bits per heavy atom. The van der Waals surface area contributed by atoms with E-state index < -0.39 is 0 Å². The monoisotopic (exact) mass is 260 g/mol. The molecule has 0 heterocycles. The van der Waals surface area contributed by atoms with Gasteiger partial charge in [0, 0.05) is 4.86 Å². The average molecular weight is 260 g/mol. The van der Waals surface area contributed by atoms with Gasteiger partial charge in [0.1, 0.15) is 0 Å². The third-order valence-electron chi connectivity index (χ3n) is 2.75. The van der Waals surface area contributed by atoms with E-state index in [1.54, 1.807) is 0 Å². The second-order valence-corrected chi connectivity index (χ2v) is 4.99. The Labute approximate surface area is 108 Å². The van der Waals surface area contributed by atoms with Crippen LogP contribution in [0.25, 0.3) is 0 Å². The van der Waals surface area contributed by atoms with Gasteiger partial charge in [-0.25, -0.2) is 4.21 Å². The fourth-order valence-electron chi connectivity index (χ4n) is 1.67. The molecule has 0 aliphatic carbocycles. The van der Waals surface area contributed by atoms with Crippen LogP contribution in [0.3, 0.4) is 0 Å². The molecule has 17 heavy (non-hydrogen) atoms. The zero-order chi connectivity index (χ0) is 12.9. The molecule has 100 valence electrons. The maximum absolute atomic E-state index is 11.0. The van der Waals surface area contributed by atoms with E-state index in [4.69, 9.17) is 0 Å². The smallest absolute Gasteiger partial charge is 0.310 e. The SMILES string of the molecule is CCCCCCCCCC(CC(=O)OC)=S=O. The van der Waals surface area contributed by atoms with Crippen LogP contribution in [0.2, 0.25) is 0 Å². The zero-order valence-corrected chi connectivity index (χ0v) is 11.8. The summed E-state index contributed by atoms with van der Waals surface area (Å²) in [6.07, 6.45) is 9.48. The number of carbonyl (C=O) groups excluding carboxylic acids is 1. The molecule has 0 aromatic carbocycles. The Morgan fingerprint density at radius 3 is 2.18 bits per heavy atom. The average Bonchev–Trinajstić information content (AvgIpc) is 2.35. The molecule has 0 amide bonds. The van der Waals surface area contributed by atoms with E-state index in [0.717, 1.165) is 19.3 Å². The molecule has 0 bridgehead atoms. The lowest BCUT2D eigenvalue weighted by Gasteiger charge is -2.02. The highest BCUT2D eigenvalue weighted by molar-refractivity contribution is 7.66. The summed E-state index contributed by atoms with van der Waals surface area (Å²) in [5.41, 5.74) is 0. The third-order valence-corrected chi connectivity index (χ3v) is 3.33. The second-order valence-electron chi connectivity index (χ2n) is 4.25. The van der Waals surface area contributed by atoms with Gasteiger partial charge >= 0.3 is 5.97 Å². The van der Waals surface area contributed by atoms with Gasteiger partial charge in [0.05, 0.1) is 24.8 Å². The summed E-state index contributed by atoms with van der Waals surface area (Å²) in [6, 6.07) is 0. The molecule has 3 nitrogen and oxygen atoms in total. The Kier molecular flexibility index (Phi) is 11.4. The topological polar surface area (TPSA) is 43.4 Å². The van der Waals surface area contributed by atoms with Gasteiger partial charge in [0.2, 0.25) is 0 Å². The Morgan fingerprint density at radius 2 is 1.65 bits per heavy atom. The molecule has 0 aromatic rings. The number of methoxy groups -OCH3 is 1. The van der Waals surface area contributed by atoms with Crippen molar-refractivity contribution in [1.29, 1.82) is 0 Å². The minimum Gasteiger partial charge on any atom is -0.469 e. The lowest BCUT2D eigenvalue weighted by Crippen LogP contribution is -2.09. The quantitative estimate of drug-likeness (QED) is 0.344. The number of hydrogen-bond donors (Lipinski definition) is 0. The molecule has 0 aliphatic heterocycles. The number of ether oxygens (including phenoxy) is 1. The van der Waals surface area contributed by atoms with Gasteiger partial charge in [-0.05, 0) is 12.8 Å². The highest BCUT2D eigenvalue weighted by Gasteiger charge is 2.06. The van der Waals surface area contributed by atoms with Crippen molar-refractivity contribution >= 4 is 22.1 Å². The number of unbranched alkanes of at least 4 members (excludes halogenated alkanes) is 6. The summed E-state index contributed by atoms with van der Waals surface area (Å²) in [7, 11) is 1.35. The van der Waals surface area contributed by atoms with Gasteiger partial charge in [-0.2, -0.15) is 0 Å². The normalized spacial score (nSPS) is 10.0. The lowest BCUT2D eigenvalue weighted by molar-refractivity contribution is -0.139. The number of carbonyl (C=O) groups is 1. The molecule has 0 unspecified atom stereocenters. The fourth-order valence-corrected chi connectivity index (χ4v) is 2.08. The largest absolute Gasteiger partial charge is 0.469 e. The first kappa shape index (κ1) is 16.4. The highest BCUT2D eigenvalue weighted by Crippen LogP contribution is 2.09. The standard InChI is InChI=1S/C13H24O3S/c1-3-4-5-6-7-8-9-10-12(17-15)11-13(14)16-2/h3-11H2,1-2H3. The van der Waals surface area contributed by atoms with Crippen molar-refractivity contribution in [3.8, 4) is 0 Å². The first-order chi connectivity index (χ1) is 8.24. The summed E-state index contributed by atoms with van der Waals surface area (Å²) in [6.45, 7) is 2.21. The molecule has 0 rings (SSSR count). The van der Waals surface area contributed by atoms with E-state index in [-0.39, 0.29) is 12.4 Å². The van der Waals surface area contributed by atoms with E-state index in [9.17, 15) is 9.00 Å². The number of esters is 1. The first-order valence-corrected chi connectivity index (χ1v) is 7.20. The summed E-state index contributed by atoms with van der Waals surface area (Å²) >= 11 is 0.451. The van der Waals surface area contributed by atoms with Crippen molar-refractivity contribution < 1.29 is 13.7 Å². The van der Waals surface area contributed by atoms with Crippen LogP contribution in [0.15, 0.2) is 0 Å². The molecule has 0 atom stereocenters. The summed E-state index contributed by atoms with van der Waals surface area (Å²) in [4.78, 5) is 11.7. The summed E-state index contributed by atoms with van der Waals surface area (Å²) < 4.78 is 15.3. The van der Waals surface area contributed by atoms with Gasteiger partial charge < -0.3 is 4.74 Å². The Hall–Kier alpha value is -0.640. The van der Waals surface area contributed by atoms with Crippen molar-refractivity contribution in [2.24, 2.45) is 0 Å². The van der Waals surface area contributed by atoms with Crippen LogP contribution in [0.4, 0.5) is 0 Å². The van der Waals surface area contributed by atoms with Gasteiger partial charge in [0.25, 0.3) is 0 Å². The molecule has 0 radical (unpaired) electrons. The van der Waals surface area contributed by atoms with E-state index >= 15 is 0 Å². The molecule has 0 N–H and O–H groups in total. The van der Waals surface area contributed by atoms with Crippen molar-refractivity contribution in [3.63, 3.8) is 0 Å². The molecule has 0 aliphatic rings. The van der Waals surface area contributed by atoms with Crippen molar-refractivity contribution in [2.75, 3.05) is 7.11 Å². The molecule has 0 fully saturated rings. The Balaban J connectivity index is 3.51. The van der Waals surface area contributed by atoms with Crippen LogP contribution in [0.5, 0.6) is 0 Å². The maximum atomic E-state index is 11.0. The van der Waals surface area contributed by atoms with Crippen molar-refractivity contribution in [1.82, 2.24) is 0 Å². The van der Waals surface area contributed by atoms with Gasteiger partial charge in [-0.3, -0.25) is 4.79 Å². The van der Waals surface area contributed by atoms with Crippen LogP contribution in [-0.2, 0) is 20.8 Å². The lowest BCUT2D eigenvalue weighted by atomic mass is 10.1. The van der Waals surface area contributed by atoms with Crippen LogP contribution in [0, 0.1) is 0 Å². The van der Waals surface area contributed by atoms with Gasteiger partial charge in [-0.15, -0.1) is 0 Å². The molecular weight excluding hydrogens is 236 g/mol. The fraction of sp³-hybridized carbons (Fsp3) is 0.846. The molecule has 0 saturated carbocycles. The minimum atomic E-state index is -0.314. The maximum Gasteiger partial charge on any atom is 0.310 e. The van der Waals surface area contributed by atoms with Crippen LogP contribution in [-0.4, -0.2) is 22.2 Å². The minimum absolute atomic E-state index is 0.167. The summed E-state index contributed by atoms with van der Waals surface area (Å²) in [5.74, 6) is -0.314. The third kappa shape index (κ3) is 10.2. The van der Waals surface area contributed by atoms with Crippen molar-refractivity contribution in [2.45, 2.75) is 64.7 Å². The second kappa shape index (κ2) is 11.8. The van der Waals surface area contributed by atoms with E-state index in [1.807, 2.05) is 0 Å². The number of rotatable bonds is 10. The zero-order valence-electron chi connectivity index (χ0n) is 11.0. The van der Waals surface area contributed by atoms with Crippen LogP contribution >= 0.6 is 0 Å². The first-order valence-electron chi connectivity index (χ1n) is 6.46. The molecule has 0 spiro atoms. The van der Waals surface area contributed by atoms with E-state index in [1.165, 1.54) is 39.2 Å². The van der Waals surface area contributed by atoms with Crippen LogP contribution in [0.1, 0.15) is 64.7 Å². The molecule has 4 heteroatoms. The van der Waals surface area contributed by atoms with Crippen LogP contribution < -0.4 is 0 Å². The predicted octanol–water partition coefficient (Wildman–Crippen LogP) is 3.08. The van der Waals surface area contributed by atoms with E-state index in [0.29, 0.717) is 16.1 Å². The summed E-state index contributed by atoms with van der Waals surface area (Å²) in [5, 5.41) is 0. The number of hydrogen-bond acceptors (Lipinski definition) is 3. The predicted molar refractivity (Wildman–Crippen MR) is 72.4 cm³/mol. The van der Waals surface area contributed by atoms with Gasteiger partial charge in [-0.1, -0.05) is 45.4 Å². The molecular formula is C13H24O3S.